The molecule has 5 heteroatoms. The van der Waals surface area contributed by atoms with E-state index in [0.29, 0.717) is 23.0 Å². The molecular weight excluding hydrogens is 278 g/mol. The summed E-state index contributed by atoms with van der Waals surface area (Å²) in [5.41, 5.74) is 0.700. The second-order valence-electron chi connectivity index (χ2n) is 5.29. The molecular formula is C15H20ClNO3. The Morgan fingerprint density at radius 1 is 1.50 bits per heavy atom. The van der Waals surface area contributed by atoms with Gasteiger partial charge in [-0.15, -0.1) is 0 Å². The zero-order chi connectivity index (χ0) is 14.7. The Morgan fingerprint density at radius 3 is 2.70 bits per heavy atom. The number of likely N-dealkylation sites (N-methyl/N-ethyl adjacent to an activating group) is 1. The smallest absolute Gasteiger partial charge is 0.327 e. The molecule has 0 heterocycles. The summed E-state index contributed by atoms with van der Waals surface area (Å²) in [6.07, 6.45) is 1.71. The highest BCUT2D eigenvalue weighted by Crippen LogP contribution is 2.34. The standard InChI is InChI=1S/C15H20ClNO3/c1-17(9-13(18)10-7-8-10)14(15(19)20-2)11-5-3-4-6-12(11)16/h3-6,10,13-14,18H,7-9H2,1-2H3. The number of halogens is 1. The van der Waals surface area contributed by atoms with E-state index in [-0.39, 0.29) is 5.97 Å². The van der Waals surface area contributed by atoms with Crippen LogP contribution >= 0.6 is 11.6 Å². The van der Waals surface area contributed by atoms with Crippen molar-refractivity contribution in [2.45, 2.75) is 25.0 Å². The van der Waals surface area contributed by atoms with Crippen LogP contribution in [0.15, 0.2) is 24.3 Å². The van der Waals surface area contributed by atoms with Gasteiger partial charge in [0.2, 0.25) is 0 Å². The lowest BCUT2D eigenvalue weighted by Gasteiger charge is -2.28. The molecule has 2 rings (SSSR count). The van der Waals surface area contributed by atoms with Crippen molar-refractivity contribution in [3.63, 3.8) is 0 Å². The molecule has 4 nitrogen and oxygen atoms in total. The third kappa shape index (κ3) is 3.51. The van der Waals surface area contributed by atoms with E-state index in [0.717, 1.165) is 12.8 Å². The van der Waals surface area contributed by atoms with Gasteiger partial charge in [0.1, 0.15) is 6.04 Å². The van der Waals surface area contributed by atoms with Gasteiger partial charge in [0.15, 0.2) is 0 Å². The van der Waals surface area contributed by atoms with Crippen molar-refractivity contribution in [1.29, 1.82) is 0 Å². The normalized spacial score (nSPS) is 17.9. The predicted octanol–water partition coefficient (Wildman–Crippen LogP) is 2.26. The number of benzene rings is 1. The van der Waals surface area contributed by atoms with Gasteiger partial charge in [-0.2, -0.15) is 0 Å². The minimum absolute atomic E-state index is 0.363. The first-order valence-electron chi connectivity index (χ1n) is 6.75. The van der Waals surface area contributed by atoms with Gasteiger partial charge in [-0.3, -0.25) is 4.90 Å². The topological polar surface area (TPSA) is 49.8 Å². The van der Waals surface area contributed by atoms with Gasteiger partial charge in [-0.1, -0.05) is 29.8 Å². The van der Waals surface area contributed by atoms with Crippen molar-refractivity contribution in [3.8, 4) is 0 Å². The van der Waals surface area contributed by atoms with Crippen molar-refractivity contribution in [2.75, 3.05) is 20.7 Å². The van der Waals surface area contributed by atoms with Gasteiger partial charge < -0.3 is 9.84 Å². The number of carbonyl (C=O) groups is 1. The van der Waals surface area contributed by atoms with Gasteiger partial charge in [0.25, 0.3) is 0 Å². The number of methoxy groups -OCH3 is 1. The molecule has 0 bridgehead atoms. The summed E-state index contributed by atoms with van der Waals surface area (Å²) < 4.78 is 4.88. The number of carbonyl (C=O) groups excluding carboxylic acids is 1. The maximum atomic E-state index is 12.1. The molecule has 0 spiro atoms. The zero-order valence-electron chi connectivity index (χ0n) is 11.8. The Hall–Kier alpha value is -1.10. The van der Waals surface area contributed by atoms with Gasteiger partial charge in [-0.25, -0.2) is 4.79 Å². The quantitative estimate of drug-likeness (QED) is 0.818. The SMILES string of the molecule is COC(=O)C(c1ccccc1Cl)N(C)CC(O)C1CC1. The van der Waals surface area contributed by atoms with Crippen LogP contribution in [-0.2, 0) is 9.53 Å². The van der Waals surface area contributed by atoms with Crippen LogP contribution < -0.4 is 0 Å². The number of nitrogens with zero attached hydrogens (tertiary/aromatic N) is 1. The molecule has 0 aliphatic heterocycles. The number of rotatable bonds is 6. The molecule has 0 radical (unpaired) electrons. The fraction of sp³-hybridized carbons (Fsp3) is 0.533. The van der Waals surface area contributed by atoms with Crippen molar-refractivity contribution in [3.05, 3.63) is 34.9 Å². The van der Waals surface area contributed by atoms with Crippen LogP contribution in [0.5, 0.6) is 0 Å². The van der Waals surface area contributed by atoms with Crippen LogP contribution in [-0.4, -0.2) is 42.8 Å². The second kappa shape index (κ2) is 6.57. The number of esters is 1. The van der Waals surface area contributed by atoms with E-state index in [2.05, 4.69) is 0 Å². The maximum absolute atomic E-state index is 12.1. The summed E-state index contributed by atoms with van der Waals surface area (Å²) >= 11 is 6.18. The molecule has 1 N–H and O–H groups in total. The Kier molecular flexibility index (Phi) is 5.02. The summed E-state index contributed by atoms with van der Waals surface area (Å²) in [7, 11) is 3.16. The molecule has 1 aromatic carbocycles. The number of aliphatic hydroxyl groups is 1. The number of hydrogen-bond acceptors (Lipinski definition) is 4. The van der Waals surface area contributed by atoms with Gasteiger partial charge >= 0.3 is 5.97 Å². The Bertz CT molecular complexity index is 476. The van der Waals surface area contributed by atoms with E-state index < -0.39 is 12.1 Å². The highest BCUT2D eigenvalue weighted by atomic mass is 35.5. The highest BCUT2D eigenvalue weighted by molar-refractivity contribution is 6.31. The van der Waals surface area contributed by atoms with Gasteiger partial charge in [0, 0.05) is 11.6 Å². The molecule has 1 fully saturated rings. The number of hydrogen-bond donors (Lipinski definition) is 1. The fourth-order valence-corrected chi connectivity index (χ4v) is 2.62. The molecule has 1 saturated carbocycles. The molecule has 2 unspecified atom stereocenters. The molecule has 0 aromatic heterocycles. The molecule has 110 valence electrons. The average Bonchev–Trinajstić information content (AvgIpc) is 3.25. The van der Waals surface area contributed by atoms with E-state index in [1.54, 1.807) is 18.0 Å². The van der Waals surface area contributed by atoms with Crippen LogP contribution in [0.4, 0.5) is 0 Å². The van der Waals surface area contributed by atoms with Crippen LogP contribution in [0.2, 0.25) is 5.02 Å². The summed E-state index contributed by atoms with van der Waals surface area (Å²) in [6, 6.07) is 6.62. The largest absolute Gasteiger partial charge is 0.468 e. The molecule has 1 aromatic rings. The first-order valence-corrected chi connectivity index (χ1v) is 7.13. The Morgan fingerprint density at radius 2 is 2.15 bits per heavy atom. The van der Waals surface area contributed by atoms with Gasteiger partial charge in [-0.05, 0) is 37.4 Å². The molecule has 20 heavy (non-hydrogen) atoms. The van der Waals surface area contributed by atoms with Crippen LogP contribution in [0.1, 0.15) is 24.4 Å². The lowest BCUT2D eigenvalue weighted by Crippen LogP contribution is -2.38. The summed E-state index contributed by atoms with van der Waals surface area (Å²) in [6.45, 7) is 0.426. The third-order valence-corrected chi connectivity index (χ3v) is 4.05. The zero-order valence-corrected chi connectivity index (χ0v) is 12.5. The fourth-order valence-electron chi connectivity index (χ4n) is 2.38. The van der Waals surface area contributed by atoms with Crippen molar-refractivity contribution < 1.29 is 14.6 Å². The van der Waals surface area contributed by atoms with E-state index in [9.17, 15) is 9.90 Å². The summed E-state index contributed by atoms with van der Waals surface area (Å²) in [4.78, 5) is 13.9. The third-order valence-electron chi connectivity index (χ3n) is 3.71. The van der Waals surface area contributed by atoms with Crippen LogP contribution in [0, 0.1) is 5.92 Å². The van der Waals surface area contributed by atoms with Crippen molar-refractivity contribution in [1.82, 2.24) is 4.90 Å². The number of ether oxygens (including phenoxy) is 1. The molecule has 0 saturated heterocycles. The van der Waals surface area contributed by atoms with Crippen molar-refractivity contribution >= 4 is 17.6 Å². The van der Waals surface area contributed by atoms with Crippen molar-refractivity contribution in [2.24, 2.45) is 5.92 Å². The first kappa shape index (κ1) is 15.3. The Balaban J connectivity index is 2.18. The average molecular weight is 298 g/mol. The minimum Gasteiger partial charge on any atom is -0.468 e. The van der Waals surface area contributed by atoms with Gasteiger partial charge in [0.05, 0.1) is 13.2 Å². The monoisotopic (exact) mass is 297 g/mol. The van der Waals surface area contributed by atoms with E-state index in [1.807, 2.05) is 18.2 Å². The van der Waals surface area contributed by atoms with E-state index in [1.165, 1.54) is 7.11 Å². The predicted molar refractivity (Wildman–Crippen MR) is 77.6 cm³/mol. The summed E-state index contributed by atoms with van der Waals surface area (Å²) in [5, 5.41) is 10.6. The highest BCUT2D eigenvalue weighted by Gasteiger charge is 2.34. The molecule has 1 aliphatic rings. The molecule has 1 aliphatic carbocycles. The number of aliphatic hydroxyl groups excluding tert-OH is 1. The molecule has 2 atom stereocenters. The summed E-state index contributed by atoms with van der Waals surface area (Å²) in [5.74, 6) is -0.00871. The Labute approximate surface area is 124 Å². The lowest BCUT2D eigenvalue weighted by molar-refractivity contribution is -0.147. The van der Waals surface area contributed by atoms with Crippen LogP contribution in [0.25, 0.3) is 0 Å². The van der Waals surface area contributed by atoms with E-state index in [4.69, 9.17) is 16.3 Å². The lowest BCUT2D eigenvalue weighted by atomic mass is 10.0. The first-order chi connectivity index (χ1) is 9.54. The molecule has 0 amide bonds. The van der Waals surface area contributed by atoms with Crippen LogP contribution in [0.3, 0.4) is 0 Å². The maximum Gasteiger partial charge on any atom is 0.327 e. The van der Waals surface area contributed by atoms with E-state index >= 15 is 0 Å². The second-order valence-corrected chi connectivity index (χ2v) is 5.70. The minimum atomic E-state index is -0.595.